The predicted octanol–water partition coefficient (Wildman–Crippen LogP) is 2.53. The van der Waals surface area contributed by atoms with Crippen molar-refractivity contribution in [1.29, 1.82) is 0 Å². The molecule has 3 amide bonds. The number of benzene rings is 2. The lowest BCUT2D eigenvalue weighted by atomic mass is 10.1. The van der Waals surface area contributed by atoms with Crippen LogP contribution in [0.4, 0.5) is 16.2 Å². The van der Waals surface area contributed by atoms with Crippen molar-refractivity contribution in [3.8, 4) is 0 Å². The Morgan fingerprint density at radius 2 is 1.60 bits per heavy atom. The lowest BCUT2D eigenvalue weighted by Gasteiger charge is -2.31. The van der Waals surface area contributed by atoms with Crippen molar-refractivity contribution >= 4 is 29.2 Å². The molecule has 1 N–H and O–H groups in total. The third-order valence-electron chi connectivity index (χ3n) is 4.65. The van der Waals surface area contributed by atoms with Crippen molar-refractivity contribution in [2.45, 2.75) is 13.0 Å². The van der Waals surface area contributed by atoms with Crippen LogP contribution in [-0.4, -0.2) is 47.0 Å². The van der Waals surface area contributed by atoms with Crippen molar-refractivity contribution < 1.29 is 14.4 Å². The Morgan fingerprint density at radius 1 is 1.00 bits per heavy atom. The Bertz CT molecular complexity index is 990. The maximum atomic E-state index is 13.1. The first kappa shape index (κ1) is 20.8. The van der Waals surface area contributed by atoms with Crippen LogP contribution in [0.5, 0.6) is 0 Å². The predicted molar refractivity (Wildman–Crippen MR) is 114 cm³/mol. The smallest absolute Gasteiger partial charge is 0.327 e. The topological polar surface area (TPSA) is 87.5 Å². The summed E-state index contributed by atoms with van der Waals surface area (Å²) >= 11 is 0. The number of para-hydroxylation sites is 2. The van der Waals surface area contributed by atoms with E-state index in [2.05, 4.69) is 10.3 Å². The van der Waals surface area contributed by atoms with Gasteiger partial charge in [-0.3, -0.25) is 19.1 Å². The van der Waals surface area contributed by atoms with Gasteiger partial charge in [0.25, 0.3) is 0 Å². The molecule has 3 rings (SSSR count). The van der Waals surface area contributed by atoms with E-state index >= 15 is 0 Å². The summed E-state index contributed by atoms with van der Waals surface area (Å²) in [6, 6.07) is 16.9. The molecule has 1 atom stereocenters. The molecule has 2 aromatic carbocycles. The third-order valence-corrected chi connectivity index (χ3v) is 4.65. The van der Waals surface area contributed by atoms with E-state index in [1.54, 1.807) is 38.2 Å². The molecule has 0 saturated carbocycles. The van der Waals surface area contributed by atoms with Crippen LogP contribution in [0.25, 0.3) is 0 Å². The molecule has 8 heteroatoms. The van der Waals surface area contributed by atoms with Crippen LogP contribution in [-0.2, 0) is 9.59 Å². The number of hydrogen-bond donors (Lipinski definition) is 1. The Balaban J connectivity index is 1.79. The van der Waals surface area contributed by atoms with Gasteiger partial charge >= 0.3 is 6.03 Å². The minimum absolute atomic E-state index is 0.251. The van der Waals surface area contributed by atoms with Crippen LogP contribution in [0.2, 0.25) is 0 Å². The zero-order valence-corrected chi connectivity index (χ0v) is 16.8. The lowest BCUT2D eigenvalue weighted by Crippen LogP contribution is -2.52. The maximum absolute atomic E-state index is 13.1. The molecule has 3 aromatic rings. The minimum Gasteiger partial charge on any atom is -0.328 e. The number of anilines is 2. The molecule has 0 aliphatic heterocycles. The molecule has 0 bridgehead atoms. The van der Waals surface area contributed by atoms with E-state index in [-0.39, 0.29) is 12.5 Å². The van der Waals surface area contributed by atoms with E-state index < -0.39 is 18.0 Å². The van der Waals surface area contributed by atoms with E-state index in [9.17, 15) is 14.4 Å². The largest absolute Gasteiger partial charge is 0.328 e. The van der Waals surface area contributed by atoms with Crippen molar-refractivity contribution in [2.24, 2.45) is 0 Å². The molecule has 0 saturated heterocycles. The number of likely N-dealkylation sites (N-methyl/N-ethyl adjacent to an activating group) is 1. The fourth-order valence-corrected chi connectivity index (χ4v) is 3.05. The molecule has 0 unspecified atom stereocenters. The SMILES string of the molecule is C[C@@H](C(=O)N(C)c1ccccc1)N(C(=O)CNC(=O)n1ccnc1)c1ccccc1. The highest BCUT2D eigenvalue weighted by Crippen LogP contribution is 2.20. The summed E-state index contributed by atoms with van der Waals surface area (Å²) in [6.45, 7) is 1.41. The average molecular weight is 405 g/mol. The van der Waals surface area contributed by atoms with Gasteiger partial charge in [-0.15, -0.1) is 0 Å². The minimum atomic E-state index is -0.782. The van der Waals surface area contributed by atoms with Crippen molar-refractivity contribution in [2.75, 3.05) is 23.4 Å². The highest BCUT2D eigenvalue weighted by Gasteiger charge is 2.30. The zero-order valence-electron chi connectivity index (χ0n) is 16.8. The number of nitrogens with zero attached hydrogens (tertiary/aromatic N) is 4. The fourth-order valence-electron chi connectivity index (χ4n) is 3.05. The van der Waals surface area contributed by atoms with Gasteiger partial charge in [-0.05, 0) is 31.2 Å². The van der Waals surface area contributed by atoms with Crippen molar-refractivity contribution in [1.82, 2.24) is 14.9 Å². The first-order valence-corrected chi connectivity index (χ1v) is 9.45. The highest BCUT2D eigenvalue weighted by atomic mass is 16.2. The molecule has 154 valence electrons. The highest BCUT2D eigenvalue weighted by molar-refractivity contribution is 6.06. The fraction of sp³-hybridized carbons (Fsp3) is 0.182. The second-order valence-electron chi connectivity index (χ2n) is 6.64. The number of aromatic nitrogens is 2. The number of imidazole rings is 1. The van der Waals surface area contributed by atoms with Gasteiger partial charge in [0.15, 0.2) is 0 Å². The summed E-state index contributed by atoms with van der Waals surface area (Å²) in [5.41, 5.74) is 1.30. The standard InChI is InChI=1S/C22H23N5O3/c1-17(21(29)25(2)18-9-5-3-6-10-18)27(19-11-7-4-8-12-19)20(28)15-24-22(30)26-14-13-23-16-26/h3-14,16-17H,15H2,1-2H3,(H,24,30)/t17-/m0/s1. The van der Waals surface area contributed by atoms with Gasteiger partial charge in [0.2, 0.25) is 11.8 Å². The zero-order chi connectivity index (χ0) is 21.5. The first-order valence-electron chi connectivity index (χ1n) is 9.45. The van der Waals surface area contributed by atoms with E-state index in [4.69, 9.17) is 0 Å². The van der Waals surface area contributed by atoms with Gasteiger partial charge in [0, 0.05) is 30.8 Å². The summed E-state index contributed by atoms with van der Waals surface area (Å²) in [7, 11) is 1.67. The number of rotatable bonds is 6. The van der Waals surface area contributed by atoms with Gasteiger partial charge in [-0.2, -0.15) is 0 Å². The van der Waals surface area contributed by atoms with Crippen molar-refractivity contribution in [3.05, 3.63) is 79.4 Å². The van der Waals surface area contributed by atoms with Gasteiger partial charge in [0.05, 0.1) is 6.54 Å². The van der Waals surface area contributed by atoms with Crippen LogP contribution < -0.4 is 15.1 Å². The normalized spacial score (nSPS) is 11.4. The van der Waals surface area contributed by atoms with Crippen LogP contribution in [0.3, 0.4) is 0 Å². The maximum Gasteiger partial charge on any atom is 0.327 e. The molecule has 1 aromatic heterocycles. The number of amides is 3. The summed E-state index contributed by atoms with van der Waals surface area (Å²) in [4.78, 5) is 45.0. The number of carbonyl (C=O) groups is 3. The Morgan fingerprint density at radius 3 is 2.17 bits per heavy atom. The van der Waals surface area contributed by atoms with Gasteiger partial charge in [0.1, 0.15) is 12.4 Å². The van der Waals surface area contributed by atoms with Gasteiger partial charge in [-0.1, -0.05) is 36.4 Å². The molecule has 8 nitrogen and oxygen atoms in total. The summed E-state index contributed by atoms with van der Waals surface area (Å²) in [5, 5.41) is 2.56. The summed E-state index contributed by atoms with van der Waals surface area (Å²) < 4.78 is 1.23. The van der Waals surface area contributed by atoms with Crippen LogP contribution in [0.15, 0.2) is 79.4 Å². The summed E-state index contributed by atoms with van der Waals surface area (Å²) in [5.74, 6) is -0.656. The third kappa shape index (κ3) is 4.72. The summed E-state index contributed by atoms with van der Waals surface area (Å²) in [6.07, 6.45) is 4.29. The molecule has 1 heterocycles. The van der Waals surface area contributed by atoms with Crippen LogP contribution in [0.1, 0.15) is 6.92 Å². The molecule has 30 heavy (non-hydrogen) atoms. The lowest BCUT2D eigenvalue weighted by molar-refractivity contribution is -0.123. The molecule has 0 aliphatic carbocycles. The average Bonchev–Trinajstić information content (AvgIpc) is 3.33. The number of hydrogen-bond acceptors (Lipinski definition) is 4. The second-order valence-corrected chi connectivity index (χ2v) is 6.64. The van der Waals surface area contributed by atoms with Gasteiger partial charge < -0.3 is 10.2 Å². The van der Waals surface area contributed by atoms with E-state index in [0.717, 1.165) is 5.69 Å². The molecule has 0 aliphatic rings. The Hall–Kier alpha value is -3.94. The van der Waals surface area contributed by atoms with Crippen LogP contribution >= 0.6 is 0 Å². The number of carbonyl (C=O) groups excluding carboxylic acids is 3. The van der Waals surface area contributed by atoms with E-state index in [1.165, 1.54) is 33.1 Å². The van der Waals surface area contributed by atoms with E-state index in [1.807, 2.05) is 36.4 Å². The monoisotopic (exact) mass is 405 g/mol. The molecule has 0 fully saturated rings. The van der Waals surface area contributed by atoms with Crippen LogP contribution in [0, 0.1) is 0 Å². The second kappa shape index (κ2) is 9.51. The molecular weight excluding hydrogens is 382 g/mol. The molecular formula is C22H23N5O3. The quantitative estimate of drug-likeness (QED) is 0.683. The molecule has 0 spiro atoms. The van der Waals surface area contributed by atoms with Gasteiger partial charge in [-0.25, -0.2) is 9.78 Å². The first-order chi connectivity index (χ1) is 14.5. The molecule has 0 radical (unpaired) electrons. The van der Waals surface area contributed by atoms with E-state index in [0.29, 0.717) is 5.69 Å². The number of nitrogens with one attached hydrogen (secondary N) is 1. The Labute approximate surface area is 174 Å². The Kier molecular flexibility index (Phi) is 6.59. The van der Waals surface area contributed by atoms with Crippen molar-refractivity contribution in [3.63, 3.8) is 0 Å².